The quantitative estimate of drug-likeness (QED) is 0.528. The van der Waals surface area contributed by atoms with Gasteiger partial charge < -0.3 is 5.32 Å². The molecular formula is C21H18Cl2N2O3S. The molecule has 0 aliphatic heterocycles. The van der Waals surface area contributed by atoms with E-state index >= 15 is 0 Å². The molecule has 0 aliphatic rings. The lowest BCUT2D eigenvalue weighted by Gasteiger charge is -2.12. The van der Waals surface area contributed by atoms with Gasteiger partial charge in [0.15, 0.2) is 0 Å². The SMILES string of the molecule is Cc1ccc(C)c(NC(=O)c2cccc(NS(=O)(=O)c3cc(Cl)ccc3Cl)c2)c1. The van der Waals surface area contributed by atoms with Gasteiger partial charge in [0, 0.05) is 22.0 Å². The van der Waals surface area contributed by atoms with Crippen LogP contribution in [0.5, 0.6) is 0 Å². The van der Waals surface area contributed by atoms with Crippen molar-refractivity contribution in [2.24, 2.45) is 0 Å². The molecule has 150 valence electrons. The van der Waals surface area contributed by atoms with E-state index in [2.05, 4.69) is 10.0 Å². The first kappa shape index (κ1) is 21.2. The predicted molar refractivity (Wildman–Crippen MR) is 118 cm³/mol. The maximum Gasteiger partial charge on any atom is 0.263 e. The van der Waals surface area contributed by atoms with Gasteiger partial charge in [-0.15, -0.1) is 0 Å². The molecule has 3 rings (SSSR count). The molecule has 0 aliphatic carbocycles. The molecule has 2 N–H and O–H groups in total. The Kier molecular flexibility index (Phi) is 6.17. The Balaban J connectivity index is 1.85. The topological polar surface area (TPSA) is 75.3 Å². The van der Waals surface area contributed by atoms with Crippen LogP contribution < -0.4 is 10.0 Å². The second-order valence-corrected chi connectivity index (χ2v) is 9.03. The molecule has 3 aromatic carbocycles. The average Bonchev–Trinajstić information content (AvgIpc) is 2.66. The van der Waals surface area contributed by atoms with Crippen LogP contribution in [0.25, 0.3) is 0 Å². The minimum Gasteiger partial charge on any atom is -0.322 e. The Morgan fingerprint density at radius 2 is 1.69 bits per heavy atom. The number of hydrogen-bond donors (Lipinski definition) is 2. The molecule has 0 heterocycles. The van der Waals surface area contributed by atoms with Crippen LogP contribution in [-0.4, -0.2) is 14.3 Å². The minimum atomic E-state index is -3.98. The Hall–Kier alpha value is -2.54. The van der Waals surface area contributed by atoms with E-state index in [1.807, 2.05) is 32.0 Å². The van der Waals surface area contributed by atoms with Crippen LogP contribution in [-0.2, 0) is 10.0 Å². The molecule has 3 aromatic rings. The van der Waals surface area contributed by atoms with E-state index in [0.717, 1.165) is 11.1 Å². The number of hydrogen-bond acceptors (Lipinski definition) is 3. The number of nitrogens with one attached hydrogen (secondary N) is 2. The summed E-state index contributed by atoms with van der Waals surface area (Å²) in [5, 5.41) is 3.14. The third kappa shape index (κ3) is 5.09. The number of carbonyl (C=O) groups excluding carboxylic acids is 1. The molecule has 1 amide bonds. The smallest absolute Gasteiger partial charge is 0.263 e. The van der Waals surface area contributed by atoms with E-state index in [-0.39, 0.29) is 26.5 Å². The lowest BCUT2D eigenvalue weighted by Crippen LogP contribution is -2.16. The largest absolute Gasteiger partial charge is 0.322 e. The summed E-state index contributed by atoms with van der Waals surface area (Å²) in [7, 11) is -3.98. The molecule has 5 nitrogen and oxygen atoms in total. The molecule has 8 heteroatoms. The summed E-state index contributed by atoms with van der Waals surface area (Å²) in [5.41, 5.74) is 3.19. The number of anilines is 2. The Labute approximate surface area is 179 Å². The molecule has 0 radical (unpaired) electrons. The predicted octanol–water partition coefficient (Wildman–Crippen LogP) is 5.66. The summed E-state index contributed by atoms with van der Waals surface area (Å²) in [6.45, 7) is 3.83. The number of sulfonamides is 1. The summed E-state index contributed by atoms with van der Waals surface area (Å²) >= 11 is 11.9. The average molecular weight is 449 g/mol. The Morgan fingerprint density at radius 1 is 0.931 bits per heavy atom. The lowest BCUT2D eigenvalue weighted by atomic mass is 10.1. The summed E-state index contributed by atoms with van der Waals surface area (Å²) in [6, 6.07) is 16.1. The second-order valence-electron chi connectivity index (χ2n) is 6.53. The van der Waals surface area contributed by atoms with Crippen molar-refractivity contribution in [1.29, 1.82) is 0 Å². The maximum absolute atomic E-state index is 12.7. The third-order valence-corrected chi connectivity index (χ3v) is 6.30. The second kappa shape index (κ2) is 8.45. The van der Waals surface area contributed by atoms with Gasteiger partial charge in [-0.3, -0.25) is 9.52 Å². The van der Waals surface area contributed by atoms with E-state index in [1.54, 1.807) is 18.2 Å². The zero-order chi connectivity index (χ0) is 21.2. The van der Waals surface area contributed by atoms with Crippen LogP contribution in [0.15, 0.2) is 65.6 Å². The third-order valence-electron chi connectivity index (χ3n) is 4.20. The summed E-state index contributed by atoms with van der Waals surface area (Å²) in [6.07, 6.45) is 0. The fraction of sp³-hybridized carbons (Fsp3) is 0.0952. The first-order chi connectivity index (χ1) is 13.7. The molecule has 0 unspecified atom stereocenters. The fourth-order valence-corrected chi connectivity index (χ4v) is 4.50. The van der Waals surface area contributed by atoms with Crippen LogP contribution >= 0.6 is 23.2 Å². The van der Waals surface area contributed by atoms with Crippen LogP contribution in [0.4, 0.5) is 11.4 Å². The van der Waals surface area contributed by atoms with Gasteiger partial charge in [-0.05, 0) is 67.4 Å². The van der Waals surface area contributed by atoms with Crippen LogP contribution in [0.3, 0.4) is 0 Å². The zero-order valence-corrected chi connectivity index (χ0v) is 18.0. The molecule has 0 aromatic heterocycles. The highest BCUT2D eigenvalue weighted by Crippen LogP contribution is 2.27. The van der Waals surface area contributed by atoms with Gasteiger partial charge >= 0.3 is 0 Å². The van der Waals surface area contributed by atoms with E-state index in [9.17, 15) is 13.2 Å². The molecule has 0 atom stereocenters. The van der Waals surface area contributed by atoms with Gasteiger partial charge in [-0.1, -0.05) is 41.4 Å². The highest BCUT2D eigenvalue weighted by molar-refractivity contribution is 7.92. The number of aryl methyl sites for hydroxylation is 2. The number of rotatable bonds is 5. The van der Waals surface area contributed by atoms with Gasteiger partial charge in [-0.25, -0.2) is 8.42 Å². The van der Waals surface area contributed by atoms with Gasteiger partial charge in [-0.2, -0.15) is 0 Å². The van der Waals surface area contributed by atoms with Crippen molar-refractivity contribution in [2.45, 2.75) is 18.7 Å². The lowest BCUT2D eigenvalue weighted by molar-refractivity contribution is 0.102. The first-order valence-corrected chi connectivity index (χ1v) is 10.9. The zero-order valence-electron chi connectivity index (χ0n) is 15.7. The van der Waals surface area contributed by atoms with Gasteiger partial charge in [0.2, 0.25) is 0 Å². The van der Waals surface area contributed by atoms with Gasteiger partial charge in [0.05, 0.1) is 5.02 Å². The Morgan fingerprint density at radius 3 is 2.45 bits per heavy atom. The highest BCUT2D eigenvalue weighted by Gasteiger charge is 2.19. The summed E-state index contributed by atoms with van der Waals surface area (Å²) < 4.78 is 27.8. The number of carbonyl (C=O) groups is 1. The molecule has 0 fully saturated rings. The van der Waals surface area contributed by atoms with Crippen molar-refractivity contribution in [3.05, 3.63) is 87.4 Å². The van der Waals surface area contributed by atoms with Crippen LogP contribution in [0, 0.1) is 13.8 Å². The summed E-state index contributed by atoms with van der Waals surface area (Å²) in [4.78, 5) is 12.5. The van der Waals surface area contributed by atoms with Crippen molar-refractivity contribution in [3.63, 3.8) is 0 Å². The molecular weight excluding hydrogens is 431 g/mol. The van der Waals surface area contributed by atoms with Gasteiger partial charge in [0.25, 0.3) is 15.9 Å². The summed E-state index contributed by atoms with van der Waals surface area (Å²) in [5.74, 6) is -0.347. The molecule has 0 spiro atoms. The first-order valence-electron chi connectivity index (χ1n) is 8.62. The normalized spacial score (nSPS) is 11.2. The highest BCUT2D eigenvalue weighted by atomic mass is 35.5. The number of benzene rings is 3. The van der Waals surface area contributed by atoms with E-state index in [4.69, 9.17) is 23.2 Å². The molecule has 29 heavy (non-hydrogen) atoms. The van der Waals surface area contributed by atoms with Crippen molar-refractivity contribution in [3.8, 4) is 0 Å². The standard InChI is InChI=1S/C21H18Cl2N2O3S/c1-13-6-7-14(2)19(10-13)24-21(26)15-4-3-5-17(11-15)25-29(27,28)20-12-16(22)8-9-18(20)23/h3-12,25H,1-2H3,(H,24,26). The van der Waals surface area contributed by atoms with E-state index < -0.39 is 10.0 Å². The number of amides is 1. The van der Waals surface area contributed by atoms with E-state index in [1.165, 1.54) is 24.3 Å². The maximum atomic E-state index is 12.7. The Bertz CT molecular complexity index is 1190. The van der Waals surface area contributed by atoms with Crippen molar-refractivity contribution in [1.82, 2.24) is 0 Å². The van der Waals surface area contributed by atoms with Gasteiger partial charge in [0.1, 0.15) is 4.90 Å². The van der Waals surface area contributed by atoms with Crippen molar-refractivity contribution in [2.75, 3.05) is 10.0 Å². The monoisotopic (exact) mass is 448 g/mol. The minimum absolute atomic E-state index is 0.0470. The molecule has 0 saturated heterocycles. The molecule has 0 bridgehead atoms. The van der Waals surface area contributed by atoms with Crippen molar-refractivity contribution < 1.29 is 13.2 Å². The van der Waals surface area contributed by atoms with Crippen LogP contribution in [0.1, 0.15) is 21.5 Å². The van der Waals surface area contributed by atoms with Crippen molar-refractivity contribution >= 4 is 50.5 Å². The number of halogens is 2. The fourth-order valence-electron chi connectivity index (χ4n) is 2.68. The molecule has 0 saturated carbocycles. The van der Waals surface area contributed by atoms with Crippen LogP contribution in [0.2, 0.25) is 10.0 Å². The van der Waals surface area contributed by atoms with E-state index in [0.29, 0.717) is 11.3 Å².